The predicted molar refractivity (Wildman–Crippen MR) is 70.5 cm³/mol. The van der Waals surface area contributed by atoms with Crippen molar-refractivity contribution in [2.45, 2.75) is 19.4 Å². The first-order valence-corrected chi connectivity index (χ1v) is 6.94. The number of hydrogen-bond donors (Lipinski definition) is 1. The minimum Gasteiger partial charge on any atom is -0.379 e. The number of amides is 1. The third-order valence-corrected chi connectivity index (χ3v) is 4.11. The van der Waals surface area contributed by atoms with E-state index in [1.165, 1.54) is 0 Å². The Balaban J connectivity index is 1.81. The molecular weight excluding hydrogens is 230 g/mol. The Kier molecular flexibility index (Phi) is 4.97. The summed E-state index contributed by atoms with van der Waals surface area (Å²) in [6, 6.07) is 0. The molecule has 5 heteroatoms. The molecule has 2 rings (SSSR count). The molecule has 0 aromatic carbocycles. The Morgan fingerprint density at radius 2 is 2.06 bits per heavy atom. The van der Waals surface area contributed by atoms with Crippen molar-refractivity contribution >= 4 is 5.91 Å². The van der Waals surface area contributed by atoms with Gasteiger partial charge in [-0.2, -0.15) is 0 Å². The Morgan fingerprint density at radius 1 is 1.33 bits per heavy atom. The summed E-state index contributed by atoms with van der Waals surface area (Å²) in [4.78, 5) is 16.4. The molecule has 0 saturated carbocycles. The summed E-state index contributed by atoms with van der Waals surface area (Å²) in [5.41, 5.74) is 0. The average molecular weight is 255 g/mol. The van der Waals surface area contributed by atoms with Gasteiger partial charge < -0.3 is 15.0 Å². The summed E-state index contributed by atoms with van der Waals surface area (Å²) in [5, 5.41) is 3.30. The molecule has 2 heterocycles. The Hall–Kier alpha value is -0.650. The van der Waals surface area contributed by atoms with E-state index >= 15 is 0 Å². The lowest BCUT2D eigenvalue weighted by molar-refractivity contribution is -0.137. The Labute approximate surface area is 109 Å². The first kappa shape index (κ1) is 13.8. The summed E-state index contributed by atoms with van der Waals surface area (Å²) >= 11 is 0. The molecule has 2 aliphatic rings. The predicted octanol–water partition coefficient (Wildman–Crippen LogP) is -0.225. The molecule has 2 unspecified atom stereocenters. The molecule has 0 radical (unpaired) electrons. The van der Waals surface area contributed by atoms with E-state index in [0.717, 1.165) is 45.7 Å². The maximum Gasteiger partial charge on any atom is 0.236 e. The highest BCUT2D eigenvalue weighted by atomic mass is 16.5. The summed E-state index contributed by atoms with van der Waals surface area (Å²) in [6.07, 6.45) is 1.25. The maximum absolute atomic E-state index is 12.2. The highest BCUT2D eigenvalue weighted by Gasteiger charge is 2.29. The minimum absolute atomic E-state index is 0.200. The lowest BCUT2D eigenvalue weighted by atomic mass is 9.96. The van der Waals surface area contributed by atoms with Crippen LogP contribution in [0.15, 0.2) is 0 Å². The van der Waals surface area contributed by atoms with E-state index in [1.807, 2.05) is 4.90 Å². The van der Waals surface area contributed by atoms with E-state index in [0.29, 0.717) is 12.5 Å². The highest BCUT2D eigenvalue weighted by molar-refractivity contribution is 5.78. The van der Waals surface area contributed by atoms with Crippen molar-refractivity contribution in [3.8, 4) is 0 Å². The molecule has 104 valence electrons. The van der Waals surface area contributed by atoms with Gasteiger partial charge in [0.2, 0.25) is 5.91 Å². The molecule has 2 atom stereocenters. The lowest BCUT2D eigenvalue weighted by Crippen LogP contribution is -2.52. The van der Waals surface area contributed by atoms with Gasteiger partial charge in [-0.3, -0.25) is 9.69 Å². The molecule has 2 fully saturated rings. The van der Waals surface area contributed by atoms with Crippen molar-refractivity contribution < 1.29 is 9.53 Å². The number of ether oxygens (including phenoxy) is 1. The summed E-state index contributed by atoms with van der Waals surface area (Å²) in [5.74, 6) is 0.809. The number of hydrogen-bond acceptors (Lipinski definition) is 4. The van der Waals surface area contributed by atoms with Gasteiger partial charge in [-0.15, -0.1) is 0 Å². The number of piperazine rings is 1. The fourth-order valence-electron chi connectivity index (χ4n) is 2.73. The smallest absolute Gasteiger partial charge is 0.236 e. The first-order valence-electron chi connectivity index (χ1n) is 6.94. The molecule has 0 spiro atoms. The number of methoxy groups -OCH3 is 1. The number of likely N-dealkylation sites (tertiary alicyclic amines) is 1. The SMILES string of the molecule is COC1CN(C(=O)CN2CCNCC2)CCC1C. The number of piperidine rings is 1. The van der Waals surface area contributed by atoms with Crippen LogP contribution in [-0.2, 0) is 9.53 Å². The van der Waals surface area contributed by atoms with Gasteiger partial charge in [0, 0.05) is 46.4 Å². The molecule has 2 aliphatic heterocycles. The van der Waals surface area contributed by atoms with E-state index < -0.39 is 0 Å². The van der Waals surface area contributed by atoms with Crippen LogP contribution in [0.1, 0.15) is 13.3 Å². The molecule has 18 heavy (non-hydrogen) atoms. The molecule has 0 aromatic heterocycles. The Morgan fingerprint density at radius 3 is 2.72 bits per heavy atom. The van der Waals surface area contributed by atoms with Gasteiger partial charge in [0.05, 0.1) is 12.6 Å². The van der Waals surface area contributed by atoms with Crippen molar-refractivity contribution in [3.63, 3.8) is 0 Å². The van der Waals surface area contributed by atoms with Crippen molar-refractivity contribution in [3.05, 3.63) is 0 Å². The standard InChI is InChI=1S/C13H25N3O2/c1-11-3-6-16(9-12(11)18-2)13(17)10-15-7-4-14-5-8-15/h11-12,14H,3-10H2,1-2H3. The highest BCUT2D eigenvalue weighted by Crippen LogP contribution is 2.19. The summed E-state index contributed by atoms with van der Waals surface area (Å²) < 4.78 is 5.46. The van der Waals surface area contributed by atoms with Crippen LogP contribution in [0.4, 0.5) is 0 Å². The van der Waals surface area contributed by atoms with Gasteiger partial charge in [0.15, 0.2) is 0 Å². The number of nitrogens with one attached hydrogen (secondary N) is 1. The third-order valence-electron chi connectivity index (χ3n) is 4.11. The molecule has 1 amide bonds. The fraction of sp³-hybridized carbons (Fsp3) is 0.923. The topological polar surface area (TPSA) is 44.8 Å². The largest absolute Gasteiger partial charge is 0.379 e. The van der Waals surface area contributed by atoms with E-state index in [1.54, 1.807) is 7.11 Å². The zero-order valence-corrected chi connectivity index (χ0v) is 11.5. The Bertz CT molecular complexity index is 279. The van der Waals surface area contributed by atoms with E-state index in [4.69, 9.17) is 4.74 Å². The van der Waals surface area contributed by atoms with Crippen LogP contribution >= 0.6 is 0 Å². The van der Waals surface area contributed by atoms with Gasteiger partial charge in [-0.25, -0.2) is 0 Å². The van der Waals surface area contributed by atoms with Crippen LogP contribution in [0.3, 0.4) is 0 Å². The number of rotatable bonds is 3. The van der Waals surface area contributed by atoms with Crippen LogP contribution in [0.2, 0.25) is 0 Å². The average Bonchev–Trinajstić information content (AvgIpc) is 2.40. The molecule has 2 saturated heterocycles. The van der Waals surface area contributed by atoms with Crippen molar-refractivity contribution in [1.82, 2.24) is 15.1 Å². The first-order chi connectivity index (χ1) is 8.70. The van der Waals surface area contributed by atoms with Crippen LogP contribution in [0.5, 0.6) is 0 Å². The zero-order valence-electron chi connectivity index (χ0n) is 11.5. The minimum atomic E-state index is 0.200. The summed E-state index contributed by atoms with van der Waals surface area (Å²) in [6.45, 7) is 8.33. The van der Waals surface area contributed by atoms with E-state index in [-0.39, 0.29) is 12.0 Å². The van der Waals surface area contributed by atoms with E-state index in [2.05, 4.69) is 17.1 Å². The molecule has 0 aromatic rings. The monoisotopic (exact) mass is 255 g/mol. The number of carbonyl (C=O) groups excluding carboxylic acids is 1. The van der Waals surface area contributed by atoms with E-state index in [9.17, 15) is 4.79 Å². The molecular formula is C13H25N3O2. The number of carbonyl (C=O) groups is 1. The second-order valence-electron chi connectivity index (χ2n) is 5.41. The van der Waals surface area contributed by atoms with Crippen LogP contribution in [-0.4, -0.2) is 74.7 Å². The van der Waals surface area contributed by atoms with Crippen LogP contribution in [0.25, 0.3) is 0 Å². The van der Waals surface area contributed by atoms with Gasteiger partial charge in [0.25, 0.3) is 0 Å². The normalized spacial score (nSPS) is 30.4. The van der Waals surface area contributed by atoms with Gasteiger partial charge in [0.1, 0.15) is 0 Å². The second-order valence-corrected chi connectivity index (χ2v) is 5.41. The summed E-state index contributed by atoms with van der Waals surface area (Å²) in [7, 11) is 1.74. The quantitative estimate of drug-likeness (QED) is 0.757. The molecule has 5 nitrogen and oxygen atoms in total. The number of nitrogens with zero attached hydrogens (tertiary/aromatic N) is 2. The van der Waals surface area contributed by atoms with Gasteiger partial charge in [-0.05, 0) is 12.3 Å². The van der Waals surface area contributed by atoms with Crippen molar-refractivity contribution in [1.29, 1.82) is 0 Å². The van der Waals surface area contributed by atoms with Crippen LogP contribution < -0.4 is 5.32 Å². The van der Waals surface area contributed by atoms with Gasteiger partial charge >= 0.3 is 0 Å². The van der Waals surface area contributed by atoms with Crippen LogP contribution in [0, 0.1) is 5.92 Å². The molecule has 0 bridgehead atoms. The lowest BCUT2D eigenvalue weighted by Gasteiger charge is -2.37. The zero-order chi connectivity index (χ0) is 13.0. The molecule has 0 aliphatic carbocycles. The van der Waals surface area contributed by atoms with Gasteiger partial charge in [-0.1, -0.05) is 6.92 Å². The third kappa shape index (κ3) is 3.43. The van der Waals surface area contributed by atoms with Crippen molar-refractivity contribution in [2.24, 2.45) is 5.92 Å². The molecule has 1 N–H and O–H groups in total. The second kappa shape index (κ2) is 6.50. The maximum atomic E-state index is 12.2. The fourth-order valence-corrected chi connectivity index (χ4v) is 2.73. The van der Waals surface area contributed by atoms with Crippen molar-refractivity contribution in [2.75, 3.05) is 52.9 Å².